The summed E-state index contributed by atoms with van der Waals surface area (Å²) in [6, 6.07) is 7.80. The zero-order valence-corrected chi connectivity index (χ0v) is 16.6. The molecule has 7 heteroatoms. The highest BCUT2D eigenvalue weighted by atomic mass is 16.5. The first-order chi connectivity index (χ1) is 14.1. The molecule has 5 unspecified atom stereocenters. The van der Waals surface area contributed by atoms with Crippen LogP contribution in [0.25, 0.3) is 0 Å². The number of hydrogen-bond acceptors (Lipinski definition) is 5. The van der Waals surface area contributed by atoms with Crippen LogP contribution < -0.4 is 4.74 Å². The van der Waals surface area contributed by atoms with E-state index >= 15 is 0 Å². The summed E-state index contributed by atoms with van der Waals surface area (Å²) < 4.78 is 11.3. The molecule has 0 N–H and O–H groups in total. The Morgan fingerprint density at radius 1 is 1.07 bits per heavy atom. The van der Waals surface area contributed by atoms with E-state index in [2.05, 4.69) is 0 Å². The largest absolute Gasteiger partial charge is 0.494 e. The lowest BCUT2D eigenvalue weighted by atomic mass is 9.81. The molecule has 5 rings (SSSR count). The summed E-state index contributed by atoms with van der Waals surface area (Å²) in [4.78, 5) is 41.7. The third kappa shape index (κ3) is 2.94. The van der Waals surface area contributed by atoms with Crippen LogP contribution in [0.15, 0.2) is 24.3 Å². The van der Waals surface area contributed by atoms with Crippen LogP contribution in [-0.4, -0.2) is 59.4 Å². The average molecular weight is 398 g/mol. The van der Waals surface area contributed by atoms with E-state index in [-0.39, 0.29) is 54.4 Å². The molecule has 154 valence electrons. The summed E-state index contributed by atoms with van der Waals surface area (Å²) in [6.45, 7) is 3.05. The first kappa shape index (κ1) is 18.6. The minimum atomic E-state index is -0.380. The molecular formula is C22H26N2O5. The Morgan fingerprint density at radius 3 is 2.34 bits per heavy atom. The van der Waals surface area contributed by atoms with Crippen molar-refractivity contribution < 1.29 is 23.9 Å². The lowest BCUT2D eigenvalue weighted by Gasteiger charge is -2.27. The molecule has 4 saturated heterocycles. The second-order valence-electron chi connectivity index (χ2n) is 8.35. The smallest absolute Gasteiger partial charge is 0.243 e. The van der Waals surface area contributed by atoms with Crippen molar-refractivity contribution in [2.24, 2.45) is 11.8 Å². The van der Waals surface area contributed by atoms with Crippen molar-refractivity contribution in [1.82, 2.24) is 9.80 Å². The number of rotatable bonds is 5. The van der Waals surface area contributed by atoms with E-state index < -0.39 is 0 Å². The van der Waals surface area contributed by atoms with E-state index in [0.29, 0.717) is 13.2 Å². The molecule has 2 bridgehead atoms. The number of carbonyl (C=O) groups is 3. The molecule has 7 nitrogen and oxygen atoms in total. The van der Waals surface area contributed by atoms with Crippen LogP contribution in [-0.2, 0) is 19.1 Å². The Morgan fingerprint density at radius 2 is 1.72 bits per heavy atom. The van der Waals surface area contributed by atoms with Crippen molar-refractivity contribution in [3.05, 3.63) is 29.8 Å². The summed E-state index contributed by atoms with van der Waals surface area (Å²) >= 11 is 0. The van der Waals surface area contributed by atoms with E-state index in [1.54, 1.807) is 0 Å². The standard InChI is InChI=1S/C22H26N2O5/c1-2-28-14-7-5-13(6-8-14)15-4-3-11-23(15)18(25)12-24-21(26)19-16-9-10-17(29-16)20(19)22(24)27/h5-8,15-17,19-20H,2-4,9-12H2,1H3. The first-order valence-corrected chi connectivity index (χ1v) is 10.6. The lowest BCUT2D eigenvalue weighted by molar-refractivity contribution is -0.148. The fourth-order valence-corrected chi connectivity index (χ4v) is 5.52. The molecule has 0 radical (unpaired) electrons. The molecule has 0 spiro atoms. The number of nitrogens with zero attached hydrogens (tertiary/aromatic N) is 2. The van der Waals surface area contributed by atoms with Crippen LogP contribution in [0.5, 0.6) is 5.75 Å². The average Bonchev–Trinajstić information content (AvgIpc) is 3.49. The number of benzene rings is 1. The molecule has 1 aromatic rings. The Hall–Kier alpha value is -2.41. The molecular weight excluding hydrogens is 372 g/mol. The zero-order chi connectivity index (χ0) is 20.1. The van der Waals surface area contributed by atoms with E-state index in [0.717, 1.165) is 37.0 Å². The predicted molar refractivity (Wildman–Crippen MR) is 103 cm³/mol. The lowest BCUT2D eigenvalue weighted by Crippen LogP contribution is -2.44. The van der Waals surface area contributed by atoms with Crippen molar-refractivity contribution in [3.63, 3.8) is 0 Å². The SMILES string of the molecule is CCOc1ccc(C2CCCN2C(=O)CN2C(=O)C3C4CCC(O4)C3C2=O)cc1. The fourth-order valence-electron chi connectivity index (χ4n) is 5.52. The summed E-state index contributed by atoms with van der Waals surface area (Å²) in [5.41, 5.74) is 1.06. The number of ether oxygens (including phenoxy) is 2. The topological polar surface area (TPSA) is 76.2 Å². The summed E-state index contributed by atoms with van der Waals surface area (Å²) in [5.74, 6) is -0.557. The Bertz CT molecular complexity index is 810. The fraction of sp³-hybridized carbons (Fsp3) is 0.591. The van der Waals surface area contributed by atoms with Crippen LogP contribution in [0, 0.1) is 11.8 Å². The predicted octanol–water partition coefficient (Wildman–Crippen LogP) is 1.91. The van der Waals surface area contributed by atoms with Gasteiger partial charge in [-0.2, -0.15) is 0 Å². The van der Waals surface area contributed by atoms with Gasteiger partial charge in [-0.25, -0.2) is 0 Å². The number of likely N-dealkylation sites (tertiary alicyclic amines) is 2. The monoisotopic (exact) mass is 398 g/mol. The second kappa shape index (κ2) is 7.13. The van der Waals surface area contributed by atoms with Crippen LogP contribution in [0.4, 0.5) is 0 Å². The maximum absolute atomic E-state index is 13.1. The Balaban J connectivity index is 1.29. The molecule has 4 aliphatic heterocycles. The molecule has 4 heterocycles. The maximum Gasteiger partial charge on any atom is 0.243 e. The van der Waals surface area contributed by atoms with E-state index in [4.69, 9.17) is 9.47 Å². The number of imide groups is 1. The van der Waals surface area contributed by atoms with E-state index in [9.17, 15) is 14.4 Å². The maximum atomic E-state index is 13.1. The minimum absolute atomic E-state index is 0.0232. The second-order valence-corrected chi connectivity index (χ2v) is 8.35. The highest BCUT2D eigenvalue weighted by molar-refractivity contribution is 6.08. The van der Waals surface area contributed by atoms with Crippen LogP contribution >= 0.6 is 0 Å². The van der Waals surface area contributed by atoms with Gasteiger partial charge in [0.05, 0.1) is 36.7 Å². The highest BCUT2D eigenvalue weighted by Crippen LogP contribution is 2.48. The van der Waals surface area contributed by atoms with Gasteiger partial charge in [-0.1, -0.05) is 12.1 Å². The van der Waals surface area contributed by atoms with Crippen molar-refractivity contribution in [3.8, 4) is 5.75 Å². The van der Waals surface area contributed by atoms with Gasteiger partial charge in [-0.15, -0.1) is 0 Å². The molecule has 0 aliphatic carbocycles. The Labute approximate surface area is 169 Å². The van der Waals surface area contributed by atoms with Crippen molar-refractivity contribution in [2.75, 3.05) is 19.7 Å². The van der Waals surface area contributed by atoms with Gasteiger partial charge >= 0.3 is 0 Å². The number of hydrogen-bond donors (Lipinski definition) is 0. The highest BCUT2D eigenvalue weighted by Gasteiger charge is 2.62. The van der Waals surface area contributed by atoms with Gasteiger partial charge in [-0.3, -0.25) is 19.3 Å². The third-order valence-corrected chi connectivity index (χ3v) is 6.82. The number of carbonyl (C=O) groups excluding carboxylic acids is 3. The van der Waals surface area contributed by atoms with Crippen LogP contribution in [0.2, 0.25) is 0 Å². The minimum Gasteiger partial charge on any atom is -0.494 e. The molecule has 3 amide bonds. The molecule has 4 fully saturated rings. The molecule has 5 atom stereocenters. The molecule has 0 aromatic heterocycles. The van der Waals surface area contributed by atoms with Crippen molar-refractivity contribution in [1.29, 1.82) is 0 Å². The van der Waals surface area contributed by atoms with E-state index in [1.165, 1.54) is 4.90 Å². The normalized spacial score (nSPS) is 32.9. The van der Waals surface area contributed by atoms with Crippen molar-refractivity contribution >= 4 is 17.7 Å². The summed E-state index contributed by atoms with van der Waals surface area (Å²) in [6.07, 6.45) is 3.16. The van der Waals surface area contributed by atoms with Gasteiger partial charge in [0.1, 0.15) is 12.3 Å². The molecule has 0 saturated carbocycles. The summed E-state index contributed by atoms with van der Waals surface area (Å²) in [5, 5.41) is 0. The van der Waals surface area contributed by atoms with Gasteiger partial charge in [0.2, 0.25) is 17.7 Å². The zero-order valence-electron chi connectivity index (χ0n) is 16.6. The first-order valence-electron chi connectivity index (χ1n) is 10.6. The Kier molecular flexibility index (Phi) is 4.57. The molecule has 4 aliphatic rings. The van der Waals surface area contributed by atoms with Crippen LogP contribution in [0.1, 0.15) is 44.2 Å². The molecule has 1 aromatic carbocycles. The van der Waals surface area contributed by atoms with Crippen molar-refractivity contribution in [2.45, 2.75) is 50.9 Å². The van der Waals surface area contributed by atoms with Crippen LogP contribution in [0.3, 0.4) is 0 Å². The number of fused-ring (bicyclic) bond motifs is 5. The number of amides is 3. The van der Waals surface area contributed by atoms with Gasteiger partial charge in [0, 0.05) is 6.54 Å². The quantitative estimate of drug-likeness (QED) is 0.709. The van der Waals surface area contributed by atoms with Gasteiger partial charge in [0.25, 0.3) is 0 Å². The van der Waals surface area contributed by atoms with E-state index in [1.807, 2.05) is 36.1 Å². The van der Waals surface area contributed by atoms with Gasteiger partial charge in [-0.05, 0) is 50.3 Å². The summed E-state index contributed by atoms with van der Waals surface area (Å²) in [7, 11) is 0. The van der Waals surface area contributed by atoms with Gasteiger partial charge in [0.15, 0.2) is 0 Å². The molecule has 29 heavy (non-hydrogen) atoms. The van der Waals surface area contributed by atoms with Gasteiger partial charge < -0.3 is 14.4 Å². The third-order valence-electron chi connectivity index (χ3n) is 6.82.